The second-order valence-electron chi connectivity index (χ2n) is 5.17. The summed E-state index contributed by atoms with van der Waals surface area (Å²) in [6.45, 7) is 11.3. The summed E-state index contributed by atoms with van der Waals surface area (Å²) in [4.78, 5) is 59.6. The van der Waals surface area contributed by atoms with E-state index in [1.165, 1.54) is 12.8 Å². The van der Waals surface area contributed by atoms with Gasteiger partial charge in [0.05, 0.1) is 0 Å². The third-order valence-electron chi connectivity index (χ3n) is 3.19. The van der Waals surface area contributed by atoms with E-state index in [-0.39, 0.29) is 109 Å². The maximum atomic E-state index is 10.5. The van der Waals surface area contributed by atoms with E-state index in [0.29, 0.717) is 5.92 Å². The molecule has 0 amide bonds. The number of hydrogen-bond acceptors (Lipinski definition) is 12. The molecular formula is C28H72N3O9W-3. The minimum absolute atomic E-state index is 0. The number of hydrogen-bond donors (Lipinski definition) is 3. The van der Waals surface area contributed by atoms with Gasteiger partial charge < -0.3 is 47.4 Å². The minimum atomic E-state index is -2.22. The summed E-state index contributed by atoms with van der Waals surface area (Å²) in [5, 5.41) is 0. The number of carbonyl (C=O) groups excluding carboxylic acids is 6. The Morgan fingerprint density at radius 1 is 0.732 bits per heavy atom. The van der Waals surface area contributed by atoms with Gasteiger partial charge in [-0.3, -0.25) is 0 Å². The van der Waals surface area contributed by atoms with Gasteiger partial charge >= 0.3 is 29.3 Å². The van der Waals surface area contributed by atoms with Crippen molar-refractivity contribution < 1.29 is 64.0 Å². The predicted molar refractivity (Wildman–Crippen MR) is 173 cm³/mol. The molecule has 0 saturated carbocycles. The van der Waals surface area contributed by atoms with Crippen molar-refractivity contribution in [1.29, 1.82) is 0 Å². The fourth-order valence-electron chi connectivity index (χ4n) is 1.07. The van der Waals surface area contributed by atoms with Crippen molar-refractivity contribution in [1.82, 2.24) is 0 Å². The maximum absolute atomic E-state index is 10.5. The summed E-state index contributed by atoms with van der Waals surface area (Å²) in [5.41, 5.74) is 12.3. The second-order valence-corrected chi connectivity index (χ2v) is 5.17. The average Bonchev–Trinajstić information content (AvgIpc) is 2.69. The molecule has 2 heterocycles. The van der Waals surface area contributed by atoms with Gasteiger partial charge in [0.2, 0.25) is 0 Å². The van der Waals surface area contributed by atoms with Crippen molar-refractivity contribution in [3.8, 4) is 0 Å². The minimum Gasteiger partial charge on any atom is -0.783 e. The van der Waals surface area contributed by atoms with Gasteiger partial charge in [-0.05, 0) is 12.5 Å². The first-order valence-electron chi connectivity index (χ1n) is 8.47. The Balaban J connectivity index is -0.0000000158. The van der Waals surface area contributed by atoms with E-state index in [1.807, 2.05) is 0 Å². The number of nitrogens with two attached hydrogens (primary N) is 3. The molecule has 1 atom stereocenters. The summed E-state index contributed by atoms with van der Waals surface area (Å²) < 4.78 is 10.9. The molecule has 2 aliphatic heterocycles. The molecule has 2 rings (SSSR count). The van der Waals surface area contributed by atoms with E-state index < -0.39 is 29.3 Å². The summed E-state index contributed by atoms with van der Waals surface area (Å²) in [7, 11) is 0. The molecule has 6 N–H and O–H groups in total. The third kappa shape index (κ3) is 36.0. The van der Waals surface area contributed by atoms with Crippen LogP contribution in [0.3, 0.4) is 0 Å². The van der Waals surface area contributed by atoms with Crippen molar-refractivity contribution in [2.24, 2.45) is 28.5 Å². The topological polar surface area (TPSA) is 208 Å². The molecule has 262 valence electrons. The molecule has 2 fully saturated rings. The molecule has 1 unspecified atom stereocenters. The van der Waals surface area contributed by atoms with Crippen molar-refractivity contribution in [3.05, 3.63) is 6.42 Å². The Labute approximate surface area is 270 Å². The monoisotopic (exact) mass is 778 g/mol. The average molecular weight is 779 g/mol. The zero-order chi connectivity index (χ0) is 23.5. The molecule has 2 aliphatic rings. The van der Waals surface area contributed by atoms with Crippen molar-refractivity contribution in [3.63, 3.8) is 0 Å². The predicted octanol–water partition coefficient (Wildman–Crippen LogP) is 5.74. The van der Waals surface area contributed by atoms with Crippen LogP contribution >= 0.6 is 0 Å². The summed E-state index contributed by atoms with van der Waals surface area (Å²) in [6.07, 6.45) is 4.52. The van der Waals surface area contributed by atoms with E-state index in [4.69, 9.17) is 15.3 Å². The number of rotatable bonds is 5. The van der Waals surface area contributed by atoms with E-state index in [0.717, 1.165) is 19.5 Å². The number of unbranched alkanes of at least 4 members (excludes halogenated alkanes) is 1. The Hall–Kier alpha value is -2.01. The third-order valence-corrected chi connectivity index (χ3v) is 3.19. The van der Waals surface area contributed by atoms with Crippen LogP contribution in [0.4, 0.5) is 0 Å². The molecule has 0 aromatic rings. The molecule has 0 aromatic heterocycles. The SMILES string of the molecule is C.C.C.C.C.C.C.C.C.C.C.CCC(C)CN.C[CH-]CC.NCN.O=C1OC(=O)C12C(=O)OC2=O.O=[C-]O[C-]=O.[W]. The van der Waals surface area contributed by atoms with Gasteiger partial charge in [0, 0.05) is 27.7 Å². The standard InChI is InChI=1S/C5H13N.C5O6.C4H9.C2O3.CH6N2.11CH4.W/c1-3-5(2)4-6;6-1-5(2(7)10-1)3(8)11-4(5)9;1-3-4-2;3-1-5-2-4;2-1-3;;;;;;;;;;;;/h5H,3-4,6H2,1-2H3;;3H,4H2,1-2H3;;1-3H2;11*1H4;/q;;-1;-2;;;;;;;;;;;;;. The van der Waals surface area contributed by atoms with Crippen LogP contribution in [0.25, 0.3) is 0 Å². The Morgan fingerprint density at radius 3 is 0.976 bits per heavy atom. The molecule has 0 aromatic carbocycles. The molecule has 41 heavy (non-hydrogen) atoms. The van der Waals surface area contributed by atoms with Crippen LogP contribution in [0.2, 0.25) is 0 Å². The van der Waals surface area contributed by atoms with Crippen LogP contribution in [0, 0.1) is 17.8 Å². The van der Waals surface area contributed by atoms with Crippen LogP contribution in [-0.4, -0.2) is 50.0 Å². The summed E-state index contributed by atoms with van der Waals surface area (Å²) in [6, 6.07) is 0. The Kier molecular flexibility index (Phi) is 147. The summed E-state index contributed by atoms with van der Waals surface area (Å²) in [5.74, 6) is -3.83. The summed E-state index contributed by atoms with van der Waals surface area (Å²) >= 11 is 0. The van der Waals surface area contributed by atoms with Crippen molar-refractivity contribution in [2.75, 3.05) is 13.2 Å². The van der Waals surface area contributed by atoms with Crippen LogP contribution in [0.15, 0.2) is 0 Å². The van der Waals surface area contributed by atoms with Gasteiger partial charge in [0.15, 0.2) is 0 Å². The fourth-order valence-corrected chi connectivity index (χ4v) is 1.07. The Bertz CT molecular complexity index is 476. The molecule has 0 bridgehead atoms. The molecular weight excluding hydrogens is 706 g/mol. The van der Waals surface area contributed by atoms with Gasteiger partial charge in [-0.2, -0.15) is 13.3 Å². The van der Waals surface area contributed by atoms with E-state index in [9.17, 15) is 19.2 Å². The van der Waals surface area contributed by atoms with Gasteiger partial charge in [0.1, 0.15) is 0 Å². The molecule has 0 aliphatic carbocycles. The number of cyclic esters (lactones) is 4. The van der Waals surface area contributed by atoms with Gasteiger partial charge in [-0.15, -0.1) is 12.9 Å². The zero-order valence-corrected chi connectivity index (χ0v) is 20.2. The maximum Gasteiger partial charge on any atom is 0.357 e. The van der Waals surface area contributed by atoms with Crippen LogP contribution in [-0.2, 0) is 64.0 Å². The molecule has 1 spiro atoms. The molecule has 13 heteroatoms. The number of carbonyl (C=O) groups is 4. The Morgan fingerprint density at radius 2 is 0.951 bits per heavy atom. The fraction of sp³-hybridized carbons (Fsp3) is 0.750. The van der Waals surface area contributed by atoms with E-state index in [2.05, 4.69) is 59.8 Å². The smallest absolute Gasteiger partial charge is 0.357 e. The first-order chi connectivity index (χ1) is 13.6. The quantitative estimate of drug-likeness (QED) is 0.100. The largest absolute Gasteiger partial charge is 0.783 e. The first kappa shape index (κ1) is 97.8. The molecule has 12 nitrogen and oxygen atoms in total. The van der Waals surface area contributed by atoms with Crippen molar-refractivity contribution >= 4 is 36.8 Å². The van der Waals surface area contributed by atoms with Gasteiger partial charge in [0.25, 0.3) is 0 Å². The second kappa shape index (κ2) is 61.8. The number of ether oxygens (including phenoxy) is 3. The first-order valence-corrected chi connectivity index (χ1v) is 8.47. The zero-order valence-electron chi connectivity index (χ0n) is 17.3. The molecule has 2 saturated heterocycles. The van der Waals surface area contributed by atoms with E-state index in [1.54, 1.807) is 0 Å². The van der Waals surface area contributed by atoms with Gasteiger partial charge in [-0.1, -0.05) is 109 Å². The molecule has 0 radical (unpaired) electrons. The number of esters is 4. The van der Waals surface area contributed by atoms with Gasteiger partial charge in [-0.25, -0.2) is 19.2 Å². The van der Waals surface area contributed by atoms with Crippen LogP contribution in [0.5, 0.6) is 0 Å². The van der Waals surface area contributed by atoms with Crippen LogP contribution in [0.1, 0.15) is 122 Å². The van der Waals surface area contributed by atoms with Crippen LogP contribution < -0.4 is 17.2 Å². The van der Waals surface area contributed by atoms with E-state index >= 15 is 0 Å². The van der Waals surface area contributed by atoms with Crippen molar-refractivity contribution in [2.45, 2.75) is 122 Å². The normalized spacial score (nSPS) is 10.8.